The summed E-state index contributed by atoms with van der Waals surface area (Å²) in [5.41, 5.74) is 11.0. The van der Waals surface area contributed by atoms with Gasteiger partial charge < -0.3 is 21.4 Å². The molecule has 0 radical (unpaired) electrons. The maximum absolute atomic E-state index is 5.54. The third kappa shape index (κ3) is 2.59. The van der Waals surface area contributed by atoms with Crippen LogP contribution < -0.4 is 16.8 Å². The summed E-state index contributed by atoms with van der Waals surface area (Å²) in [5.74, 6) is 1.16. The van der Waals surface area contributed by atoms with Gasteiger partial charge in [-0.15, -0.1) is 0 Å². The molecule has 0 saturated carbocycles. The molecule has 0 unspecified atom stereocenters. The van der Waals surface area contributed by atoms with Gasteiger partial charge in [-0.3, -0.25) is 0 Å². The molecule has 0 aliphatic heterocycles. The first kappa shape index (κ1) is 10.2. The van der Waals surface area contributed by atoms with Crippen LogP contribution in [0.15, 0.2) is 24.8 Å². The number of nitrogens with one attached hydrogen (secondary N) is 1. The van der Waals surface area contributed by atoms with Crippen LogP contribution >= 0.6 is 0 Å². The lowest BCUT2D eigenvalue weighted by molar-refractivity contribution is 0.725. The summed E-state index contributed by atoms with van der Waals surface area (Å²) in [7, 11) is 0. The van der Waals surface area contributed by atoms with Gasteiger partial charge in [-0.1, -0.05) is 0 Å². The molecule has 0 amide bonds. The van der Waals surface area contributed by atoms with Gasteiger partial charge in [0.1, 0.15) is 11.6 Å². The zero-order valence-corrected chi connectivity index (χ0v) is 8.67. The highest BCUT2D eigenvalue weighted by molar-refractivity contribution is 5.48. The lowest BCUT2D eigenvalue weighted by Crippen LogP contribution is -2.11. The van der Waals surface area contributed by atoms with E-state index in [-0.39, 0.29) is 5.95 Å². The van der Waals surface area contributed by atoms with E-state index in [4.69, 9.17) is 11.5 Å². The van der Waals surface area contributed by atoms with E-state index in [0.29, 0.717) is 18.2 Å². The minimum Gasteiger partial charge on any atom is -0.383 e. The summed E-state index contributed by atoms with van der Waals surface area (Å²) in [6.45, 7) is 1.51. The molecule has 16 heavy (non-hydrogen) atoms. The van der Waals surface area contributed by atoms with Crippen molar-refractivity contribution in [3.8, 4) is 0 Å². The Labute approximate surface area is 92.5 Å². The Bertz CT molecular complexity index is 431. The number of rotatable bonds is 4. The fourth-order valence-electron chi connectivity index (χ4n) is 1.31. The molecule has 2 aromatic rings. The van der Waals surface area contributed by atoms with Gasteiger partial charge in [-0.25, -0.2) is 4.98 Å². The molecule has 2 rings (SSSR count). The first-order valence-electron chi connectivity index (χ1n) is 4.84. The van der Waals surface area contributed by atoms with Crippen molar-refractivity contribution < 1.29 is 0 Å². The van der Waals surface area contributed by atoms with Crippen LogP contribution in [0, 0.1) is 0 Å². The Balaban J connectivity index is 1.89. The highest BCUT2D eigenvalue weighted by atomic mass is 15.1. The van der Waals surface area contributed by atoms with Gasteiger partial charge in [0.2, 0.25) is 5.95 Å². The molecule has 7 nitrogen and oxygen atoms in total. The van der Waals surface area contributed by atoms with Gasteiger partial charge in [0, 0.05) is 31.5 Å². The standard InChI is InChI=1S/C9H13N7/c10-7-5-8(15-9(11)14-7)13-2-4-16-3-1-12-6-16/h1,3,5-6H,2,4H2,(H5,10,11,13,14,15). The highest BCUT2D eigenvalue weighted by Gasteiger charge is 1.98. The number of nitrogens with zero attached hydrogens (tertiary/aromatic N) is 4. The molecular weight excluding hydrogens is 206 g/mol. The summed E-state index contributed by atoms with van der Waals surface area (Å²) in [6.07, 6.45) is 5.38. The number of anilines is 3. The van der Waals surface area contributed by atoms with E-state index in [1.54, 1.807) is 18.6 Å². The molecule has 7 heteroatoms. The van der Waals surface area contributed by atoms with Crippen LogP contribution in [-0.4, -0.2) is 26.1 Å². The molecule has 0 aliphatic rings. The van der Waals surface area contributed by atoms with Gasteiger partial charge in [0.15, 0.2) is 0 Å². The minimum absolute atomic E-state index is 0.171. The lowest BCUT2D eigenvalue weighted by atomic mass is 10.5. The van der Waals surface area contributed by atoms with Crippen molar-refractivity contribution in [2.75, 3.05) is 23.3 Å². The maximum Gasteiger partial charge on any atom is 0.223 e. The second-order valence-electron chi connectivity index (χ2n) is 3.26. The van der Waals surface area contributed by atoms with Gasteiger partial charge in [0.05, 0.1) is 6.33 Å². The normalized spacial score (nSPS) is 10.2. The van der Waals surface area contributed by atoms with Crippen molar-refractivity contribution in [2.45, 2.75) is 6.54 Å². The van der Waals surface area contributed by atoms with E-state index < -0.39 is 0 Å². The molecule has 0 bridgehead atoms. The molecule has 0 atom stereocenters. The average Bonchev–Trinajstić information content (AvgIpc) is 2.69. The van der Waals surface area contributed by atoms with Crippen LogP contribution in [-0.2, 0) is 6.54 Å². The van der Waals surface area contributed by atoms with Crippen molar-refractivity contribution in [3.05, 3.63) is 24.8 Å². The van der Waals surface area contributed by atoms with E-state index >= 15 is 0 Å². The first-order valence-corrected chi connectivity index (χ1v) is 4.84. The third-order valence-electron chi connectivity index (χ3n) is 2.00. The SMILES string of the molecule is Nc1cc(NCCn2ccnc2)nc(N)n1. The fourth-order valence-corrected chi connectivity index (χ4v) is 1.31. The topological polar surface area (TPSA) is 108 Å². The second kappa shape index (κ2) is 4.47. The maximum atomic E-state index is 5.54. The average molecular weight is 219 g/mol. The number of nitrogens with two attached hydrogens (primary N) is 2. The van der Waals surface area contributed by atoms with Crippen molar-refractivity contribution >= 4 is 17.6 Å². The van der Waals surface area contributed by atoms with Crippen molar-refractivity contribution in [1.29, 1.82) is 0 Å². The Kier molecular flexibility index (Phi) is 2.86. The number of nitrogen functional groups attached to an aromatic ring is 2. The monoisotopic (exact) mass is 219 g/mol. The van der Waals surface area contributed by atoms with Gasteiger partial charge in [-0.05, 0) is 0 Å². The molecule has 0 aliphatic carbocycles. The van der Waals surface area contributed by atoms with Crippen LogP contribution in [0.2, 0.25) is 0 Å². The van der Waals surface area contributed by atoms with Gasteiger partial charge in [0.25, 0.3) is 0 Å². The molecule has 0 fully saturated rings. The molecule has 2 aromatic heterocycles. The van der Waals surface area contributed by atoms with Crippen LogP contribution in [0.4, 0.5) is 17.6 Å². The zero-order valence-electron chi connectivity index (χ0n) is 8.67. The number of hydrogen-bond acceptors (Lipinski definition) is 6. The van der Waals surface area contributed by atoms with Crippen LogP contribution in [0.5, 0.6) is 0 Å². The molecule has 0 saturated heterocycles. The van der Waals surface area contributed by atoms with E-state index in [0.717, 1.165) is 6.54 Å². The van der Waals surface area contributed by atoms with E-state index in [2.05, 4.69) is 20.3 Å². The molecule has 84 valence electrons. The van der Waals surface area contributed by atoms with Gasteiger partial charge >= 0.3 is 0 Å². The van der Waals surface area contributed by atoms with E-state index in [1.807, 2.05) is 10.8 Å². The summed E-state index contributed by atoms with van der Waals surface area (Å²) < 4.78 is 1.96. The second-order valence-corrected chi connectivity index (χ2v) is 3.26. The molecule has 0 spiro atoms. The molecule has 5 N–H and O–H groups in total. The summed E-state index contributed by atoms with van der Waals surface area (Å²) in [4.78, 5) is 11.7. The predicted octanol–water partition coefficient (Wildman–Crippen LogP) is -0.0504. The quantitative estimate of drug-likeness (QED) is 0.665. The highest BCUT2D eigenvalue weighted by Crippen LogP contribution is 2.08. The Morgan fingerprint density at radius 2 is 2.19 bits per heavy atom. The van der Waals surface area contributed by atoms with E-state index in [9.17, 15) is 0 Å². The number of aromatic nitrogens is 4. The first-order chi connectivity index (χ1) is 7.74. The number of hydrogen-bond donors (Lipinski definition) is 3. The summed E-state index contributed by atoms with van der Waals surface area (Å²) >= 11 is 0. The smallest absolute Gasteiger partial charge is 0.223 e. The van der Waals surface area contributed by atoms with Crippen molar-refractivity contribution in [3.63, 3.8) is 0 Å². The summed E-state index contributed by atoms with van der Waals surface area (Å²) in [6, 6.07) is 1.64. The van der Waals surface area contributed by atoms with Crippen LogP contribution in [0.3, 0.4) is 0 Å². The van der Waals surface area contributed by atoms with E-state index in [1.165, 1.54) is 0 Å². The minimum atomic E-state index is 0.171. The largest absolute Gasteiger partial charge is 0.383 e. The Morgan fingerprint density at radius 3 is 2.88 bits per heavy atom. The zero-order chi connectivity index (χ0) is 11.4. The van der Waals surface area contributed by atoms with Crippen molar-refractivity contribution in [1.82, 2.24) is 19.5 Å². The van der Waals surface area contributed by atoms with Crippen LogP contribution in [0.25, 0.3) is 0 Å². The molecule has 2 heterocycles. The molecule has 0 aromatic carbocycles. The molecular formula is C9H13N7. The lowest BCUT2D eigenvalue weighted by Gasteiger charge is -2.06. The Hall–Kier alpha value is -2.31. The summed E-state index contributed by atoms with van der Waals surface area (Å²) in [5, 5.41) is 3.10. The third-order valence-corrected chi connectivity index (χ3v) is 2.00. The Morgan fingerprint density at radius 1 is 1.31 bits per heavy atom. The fraction of sp³-hybridized carbons (Fsp3) is 0.222. The van der Waals surface area contributed by atoms with Crippen LogP contribution in [0.1, 0.15) is 0 Å². The number of imidazole rings is 1. The van der Waals surface area contributed by atoms with Gasteiger partial charge in [-0.2, -0.15) is 9.97 Å². The van der Waals surface area contributed by atoms with Crippen molar-refractivity contribution in [2.24, 2.45) is 0 Å². The predicted molar refractivity (Wildman–Crippen MR) is 61.6 cm³/mol.